The van der Waals surface area contributed by atoms with Crippen LogP contribution in [-0.2, 0) is 15.1 Å². The zero-order valence-electron chi connectivity index (χ0n) is 13.8. The van der Waals surface area contributed by atoms with Gasteiger partial charge in [-0.25, -0.2) is 9.59 Å². The number of rotatable bonds is 4. The number of nitrogens with zero attached hydrogens (tertiary/aromatic N) is 1. The van der Waals surface area contributed by atoms with Crippen LogP contribution in [0.3, 0.4) is 0 Å². The molecule has 8 nitrogen and oxygen atoms in total. The van der Waals surface area contributed by atoms with E-state index in [4.69, 9.17) is 0 Å². The second kappa shape index (κ2) is 6.69. The van der Waals surface area contributed by atoms with Gasteiger partial charge < -0.3 is 10.6 Å². The number of benzene rings is 1. The average Bonchev–Trinajstić information content (AvgIpc) is 2.71. The molecule has 1 aliphatic heterocycles. The van der Waals surface area contributed by atoms with Crippen LogP contribution in [0.4, 0.5) is 9.59 Å². The van der Waals surface area contributed by atoms with Crippen LogP contribution in [0.15, 0.2) is 30.3 Å². The quantitative estimate of drug-likeness (QED) is 0.705. The molecule has 0 aliphatic carbocycles. The third-order valence-electron chi connectivity index (χ3n) is 3.60. The Morgan fingerprint density at radius 1 is 1.21 bits per heavy atom. The topological polar surface area (TPSA) is 108 Å². The lowest BCUT2D eigenvalue weighted by Crippen LogP contribution is -2.48. The highest BCUT2D eigenvalue weighted by atomic mass is 16.2. The molecule has 1 aliphatic rings. The monoisotopic (exact) mass is 332 g/mol. The molecule has 3 N–H and O–H groups in total. The number of hydrogen-bond acceptors (Lipinski definition) is 4. The fourth-order valence-electron chi connectivity index (χ4n) is 2.42. The third-order valence-corrected chi connectivity index (χ3v) is 3.60. The van der Waals surface area contributed by atoms with Gasteiger partial charge in [-0.15, -0.1) is 0 Å². The fourth-order valence-corrected chi connectivity index (χ4v) is 2.42. The molecule has 128 valence electrons. The molecule has 6 amide bonds. The summed E-state index contributed by atoms with van der Waals surface area (Å²) < 4.78 is 0. The summed E-state index contributed by atoms with van der Waals surface area (Å²) in [5.74, 6) is -1.29. The highest BCUT2D eigenvalue weighted by Crippen LogP contribution is 2.28. The molecule has 0 saturated carbocycles. The number of carbonyl (C=O) groups is 4. The second-order valence-corrected chi connectivity index (χ2v) is 5.99. The zero-order chi connectivity index (χ0) is 17.9. The van der Waals surface area contributed by atoms with Crippen LogP contribution in [0.1, 0.15) is 26.3 Å². The summed E-state index contributed by atoms with van der Waals surface area (Å²) in [4.78, 5) is 48.9. The first-order chi connectivity index (χ1) is 11.2. The van der Waals surface area contributed by atoms with E-state index in [1.54, 1.807) is 51.1 Å². The predicted molar refractivity (Wildman–Crippen MR) is 85.8 cm³/mol. The first kappa shape index (κ1) is 17.5. The van der Waals surface area contributed by atoms with E-state index in [1.807, 2.05) is 0 Å². The normalized spacial score (nSPS) is 20.1. The number of hydrogen-bond donors (Lipinski definition) is 3. The minimum absolute atomic E-state index is 0.143. The van der Waals surface area contributed by atoms with E-state index in [-0.39, 0.29) is 6.04 Å². The average molecular weight is 332 g/mol. The first-order valence-corrected chi connectivity index (χ1v) is 7.54. The number of imide groups is 2. The molecular weight excluding hydrogens is 312 g/mol. The molecule has 2 rings (SSSR count). The summed E-state index contributed by atoms with van der Waals surface area (Å²) in [6.07, 6.45) is 0. The van der Waals surface area contributed by atoms with Gasteiger partial charge in [0.15, 0.2) is 0 Å². The number of carbonyl (C=O) groups excluding carboxylic acids is 4. The van der Waals surface area contributed by atoms with Crippen LogP contribution in [0.25, 0.3) is 0 Å². The van der Waals surface area contributed by atoms with Gasteiger partial charge in [0.05, 0.1) is 0 Å². The van der Waals surface area contributed by atoms with Crippen molar-refractivity contribution in [1.29, 1.82) is 0 Å². The Kier molecular flexibility index (Phi) is 4.87. The van der Waals surface area contributed by atoms with Gasteiger partial charge in [0, 0.05) is 6.04 Å². The van der Waals surface area contributed by atoms with Crippen LogP contribution < -0.4 is 16.0 Å². The van der Waals surface area contributed by atoms with Crippen molar-refractivity contribution >= 4 is 23.9 Å². The molecule has 1 aromatic carbocycles. The second-order valence-electron chi connectivity index (χ2n) is 5.99. The van der Waals surface area contributed by atoms with Crippen molar-refractivity contribution in [2.75, 3.05) is 6.54 Å². The van der Waals surface area contributed by atoms with Gasteiger partial charge in [0.2, 0.25) is 5.91 Å². The standard InChI is InChI=1S/C16H20N4O4/c1-10(2)17-14(23)18-12(21)9-20-13(22)16(3,19-15(20)24)11-7-5-4-6-8-11/h4-8,10H,9H2,1-3H3,(H,19,24)(H2,17,18,21,23)/t16-/m1/s1. The van der Waals surface area contributed by atoms with Gasteiger partial charge in [-0.3, -0.25) is 19.8 Å². The Labute approximate surface area is 139 Å². The molecule has 0 aromatic heterocycles. The lowest BCUT2D eigenvalue weighted by Gasteiger charge is -2.22. The van der Waals surface area contributed by atoms with E-state index in [2.05, 4.69) is 16.0 Å². The maximum absolute atomic E-state index is 12.6. The molecule has 24 heavy (non-hydrogen) atoms. The van der Waals surface area contributed by atoms with E-state index >= 15 is 0 Å². The molecule has 8 heteroatoms. The van der Waals surface area contributed by atoms with E-state index in [1.165, 1.54) is 0 Å². The summed E-state index contributed by atoms with van der Waals surface area (Å²) in [6, 6.07) is 7.26. The Hall–Kier alpha value is -2.90. The van der Waals surface area contributed by atoms with Crippen molar-refractivity contribution in [3.05, 3.63) is 35.9 Å². The predicted octanol–water partition coefficient (Wildman–Crippen LogP) is 0.688. The molecule has 1 aromatic rings. The Bertz CT molecular complexity index is 674. The van der Waals surface area contributed by atoms with E-state index in [0.717, 1.165) is 4.90 Å². The van der Waals surface area contributed by atoms with Gasteiger partial charge in [0.1, 0.15) is 12.1 Å². The van der Waals surface area contributed by atoms with Gasteiger partial charge >= 0.3 is 12.1 Å². The van der Waals surface area contributed by atoms with Crippen LogP contribution in [0.5, 0.6) is 0 Å². The maximum atomic E-state index is 12.6. The Morgan fingerprint density at radius 3 is 2.42 bits per heavy atom. The summed E-state index contributed by atoms with van der Waals surface area (Å²) in [5, 5.41) is 7.17. The largest absolute Gasteiger partial charge is 0.336 e. The SMILES string of the molecule is CC(C)NC(=O)NC(=O)CN1C(=O)N[C@](C)(c2ccccc2)C1=O. The van der Waals surface area contributed by atoms with Crippen LogP contribution >= 0.6 is 0 Å². The third kappa shape index (κ3) is 3.53. The van der Waals surface area contributed by atoms with Gasteiger partial charge in [-0.1, -0.05) is 30.3 Å². The summed E-state index contributed by atoms with van der Waals surface area (Å²) in [5.41, 5.74) is -0.623. The molecule has 0 spiro atoms. The number of urea groups is 2. The molecule has 1 atom stereocenters. The van der Waals surface area contributed by atoms with Crippen molar-refractivity contribution in [3.8, 4) is 0 Å². The summed E-state index contributed by atoms with van der Waals surface area (Å²) in [7, 11) is 0. The highest BCUT2D eigenvalue weighted by molar-refractivity contribution is 6.10. The van der Waals surface area contributed by atoms with E-state index in [0.29, 0.717) is 5.56 Å². The molecule has 0 radical (unpaired) electrons. The molecule has 1 fully saturated rings. The first-order valence-electron chi connectivity index (χ1n) is 7.54. The van der Waals surface area contributed by atoms with E-state index in [9.17, 15) is 19.2 Å². The lowest BCUT2D eigenvalue weighted by atomic mass is 9.92. The number of nitrogens with one attached hydrogen (secondary N) is 3. The maximum Gasteiger partial charge on any atom is 0.325 e. The van der Waals surface area contributed by atoms with Crippen LogP contribution in [0.2, 0.25) is 0 Å². The molecule has 1 heterocycles. The minimum Gasteiger partial charge on any atom is -0.336 e. The molecule has 0 bridgehead atoms. The zero-order valence-corrected chi connectivity index (χ0v) is 13.8. The van der Waals surface area contributed by atoms with Crippen molar-refractivity contribution in [1.82, 2.24) is 20.9 Å². The fraction of sp³-hybridized carbons (Fsp3) is 0.375. The van der Waals surface area contributed by atoms with Crippen molar-refractivity contribution < 1.29 is 19.2 Å². The van der Waals surface area contributed by atoms with Crippen LogP contribution in [-0.4, -0.2) is 41.4 Å². The Balaban J connectivity index is 2.07. The lowest BCUT2D eigenvalue weighted by molar-refractivity contribution is -0.134. The summed E-state index contributed by atoms with van der Waals surface area (Å²) in [6.45, 7) is 4.53. The highest BCUT2D eigenvalue weighted by Gasteiger charge is 2.49. The van der Waals surface area contributed by atoms with E-state index < -0.39 is 36.0 Å². The summed E-state index contributed by atoms with van der Waals surface area (Å²) >= 11 is 0. The molecule has 0 unspecified atom stereocenters. The van der Waals surface area contributed by atoms with Crippen molar-refractivity contribution in [2.24, 2.45) is 0 Å². The minimum atomic E-state index is -1.24. The smallest absolute Gasteiger partial charge is 0.325 e. The molecular formula is C16H20N4O4. The Morgan fingerprint density at radius 2 is 1.83 bits per heavy atom. The van der Waals surface area contributed by atoms with Crippen molar-refractivity contribution in [2.45, 2.75) is 32.4 Å². The van der Waals surface area contributed by atoms with Gasteiger partial charge in [0.25, 0.3) is 5.91 Å². The van der Waals surface area contributed by atoms with Crippen LogP contribution in [0, 0.1) is 0 Å². The number of amides is 6. The molecule has 1 saturated heterocycles. The van der Waals surface area contributed by atoms with Gasteiger partial charge in [-0.05, 0) is 26.3 Å². The van der Waals surface area contributed by atoms with Gasteiger partial charge in [-0.2, -0.15) is 0 Å². The van der Waals surface area contributed by atoms with Crippen molar-refractivity contribution in [3.63, 3.8) is 0 Å².